The molecule has 42 heavy (non-hydrogen) atoms. The number of benzene rings is 3. The van der Waals surface area contributed by atoms with Crippen LogP contribution in [0.1, 0.15) is 33.9 Å². The van der Waals surface area contributed by atoms with Gasteiger partial charge in [-0.2, -0.15) is 0 Å². The second-order valence-electron chi connectivity index (χ2n) is 9.48. The Morgan fingerprint density at radius 3 is 2.48 bits per heavy atom. The number of rotatable bonds is 8. The van der Waals surface area contributed by atoms with Gasteiger partial charge in [-0.3, -0.25) is 14.5 Å². The van der Waals surface area contributed by atoms with Gasteiger partial charge in [-0.1, -0.05) is 76.1 Å². The van der Waals surface area contributed by atoms with Crippen LogP contribution in [0.3, 0.4) is 0 Å². The molecule has 12 heteroatoms. The molecule has 0 aliphatic carbocycles. The summed E-state index contributed by atoms with van der Waals surface area (Å²) in [5, 5.41) is 21.4. The lowest BCUT2D eigenvalue weighted by Gasteiger charge is -2.23. The predicted octanol–water partition coefficient (Wildman–Crippen LogP) is 7.40. The highest BCUT2D eigenvalue weighted by molar-refractivity contribution is 8.00. The number of hydrogen-bond acceptors (Lipinski definition) is 9. The number of carbonyl (C=O) groups excluding carboxylic acids is 2. The van der Waals surface area contributed by atoms with Crippen molar-refractivity contribution in [3.63, 3.8) is 0 Å². The topological polar surface area (TPSA) is 102 Å². The van der Waals surface area contributed by atoms with E-state index in [0.717, 1.165) is 28.0 Å². The molecule has 1 aliphatic heterocycles. The molecule has 0 bridgehead atoms. The van der Waals surface area contributed by atoms with Gasteiger partial charge in [-0.15, -0.1) is 10.2 Å². The number of Topliss-reactive ketones (excluding diaryl/α,β-unsaturated/α-hetero) is 1. The number of methoxy groups -OCH3 is 2. The van der Waals surface area contributed by atoms with Crippen molar-refractivity contribution >= 4 is 68.9 Å². The van der Waals surface area contributed by atoms with Crippen LogP contribution in [0.2, 0.25) is 10.0 Å². The first-order valence-electron chi connectivity index (χ1n) is 12.6. The number of carbonyl (C=O) groups is 2. The molecule has 1 aliphatic rings. The van der Waals surface area contributed by atoms with Crippen LogP contribution in [0.15, 0.2) is 64.5 Å². The maximum absolute atomic E-state index is 13.6. The number of thioether (sulfide) groups is 1. The first-order chi connectivity index (χ1) is 20.1. The van der Waals surface area contributed by atoms with Crippen LogP contribution in [-0.2, 0) is 15.3 Å². The van der Waals surface area contributed by atoms with Gasteiger partial charge >= 0.3 is 5.91 Å². The van der Waals surface area contributed by atoms with E-state index in [-0.39, 0.29) is 16.5 Å². The summed E-state index contributed by atoms with van der Waals surface area (Å²) in [5.41, 5.74) is 3.44. The number of aliphatic hydroxyl groups is 1. The van der Waals surface area contributed by atoms with E-state index < -0.39 is 17.7 Å². The number of nitrogens with zero attached hydrogens (tertiary/aromatic N) is 3. The van der Waals surface area contributed by atoms with Crippen molar-refractivity contribution in [3.05, 3.63) is 98.0 Å². The molecule has 0 saturated carbocycles. The molecule has 5 rings (SSSR count). The Kier molecular flexibility index (Phi) is 8.79. The Labute approximate surface area is 260 Å². The quantitative estimate of drug-likeness (QED) is 0.0698. The van der Waals surface area contributed by atoms with E-state index in [2.05, 4.69) is 10.2 Å². The molecule has 216 valence electrons. The standard InChI is InChI=1S/C30H25Cl2N3O5S2/c1-15-5-6-16(2)20(11-15)26(36)24-25(17-8-10-22(39-3)23(12-17)40-4)35(28(38)27(24)37)29-33-34-30(42-29)41-14-18-7-9-19(31)13-21(18)32/h5-13,25,36H,14H2,1-4H3. The van der Waals surface area contributed by atoms with Crippen molar-refractivity contribution in [3.8, 4) is 11.5 Å². The largest absolute Gasteiger partial charge is 0.507 e. The molecule has 1 saturated heterocycles. The van der Waals surface area contributed by atoms with E-state index in [1.54, 1.807) is 36.4 Å². The van der Waals surface area contributed by atoms with Crippen LogP contribution in [0.4, 0.5) is 5.13 Å². The Morgan fingerprint density at radius 1 is 1.00 bits per heavy atom. The molecular weight excluding hydrogens is 617 g/mol. The Hall–Kier alpha value is -3.57. The molecule has 4 aromatic rings. The van der Waals surface area contributed by atoms with Crippen molar-refractivity contribution in [1.29, 1.82) is 0 Å². The molecule has 1 atom stereocenters. The van der Waals surface area contributed by atoms with Crippen molar-refractivity contribution in [2.45, 2.75) is 30.0 Å². The molecule has 1 N–H and O–H groups in total. The lowest BCUT2D eigenvalue weighted by molar-refractivity contribution is -0.132. The highest BCUT2D eigenvalue weighted by Gasteiger charge is 2.48. The molecule has 1 amide bonds. The Bertz CT molecular complexity index is 1740. The molecule has 3 aromatic carbocycles. The molecule has 0 spiro atoms. The monoisotopic (exact) mass is 641 g/mol. The molecule has 1 fully saturated rings. The number of ether oxygens (including phenoxy) is 2. The predicted molar refractivity (Wildman–Crippen MR) is 166 cm³/mol. The summed E-state index contributed by atoms with van der Waals surface area (Å²) in [6, 6.07) is 14.9. The number of aliphatic hydroxyl groups excluding tert-OH is 1. The third-order valence-corrected chi connectivity index (χ3v) is 9.48. The van der Waals surface area contributed by atoms with Crippen LogP contribution in [0, 0.1) is 13.8 Å². The highest BCUT2D eigenvalue weighted by Crippen LogP contribution is 2.46. The number of hydrogen-bond donors (Lipinski definition) is 1. The molecule has 8 nitrogen and oxygen atoms in total. The fourth-order valence-electron chi connectivity index (χ4n) is 4.64. The van der Waals surface area contributed by atoms with Crippen molar-refractivity contribution in [1.82, 2.24) is 10.2 Å². The zero-order valence-corrected chi connectivity index (χ0v) is 26.1. The zero-order chi connectivity index (χ0) is 30.1. The second-order valence-corrected chi connectivity index (χ2v) is 12.5. The first kappa shape index (κ1) is 29.9. The van der Waals surface area contributed by atoms with Gasteiger partial charge in [0.2, 0.25) is 5.13 Å². The normalized spacial score (nSPS) is 16.2. The summed E-state index contributed by atoms with van der Waals surface area (Å²) in [6.45, 7) is 3.72. The summed E-state index contributed by atoms with van der Waals surface area (Å²) in [4.78, 5) is 28.5. The van der Waals surface area contributed by atoms with Gasteiger partial charge in [0.05, 0.1) is 25.8 Å². The van der Waals surface area contributed by atoms with Gasteiger partial charge in [-0.25, -0.2) is 0 Å². The van der Waals surface area contributed by atoms with Crippen LogP contribution in [0.25, 0.3) is 5.76 Å². The molecule has 1 unspecified atom stereocenters. The lowest BCUT2D eigenvalue weighted by Crippen LogP contribution is -2.29. The Morgan fingerprint density at radius 2 is 1.76 bits per heavy atom. The van der Waals surface area contributed by atoms with E-state index >= 15 is 0 Å². The highest BCUT2D eigenvalue weighted by atomic mass is 35.5. The zero-order valence-electron chi connectivity index (χ0n) is 23.0. The van der Waals surface area contributed by atoms with Crippen LogP contribution in [-0.4, -0.2) is 41.2 Å². The third-order valence-electron chi connectivity index (χ3n) is 6.78. The summed E-state index contributed by atoms with van der Waals surface area (Å²) >= 11 is 14.9. The summed E-state index contributed by atoms with van der Waals surface area (Å²) in [5.74, 6) is -0.548. The fourth-order valence-corrected chi connectivity index (χ4v) is 7.07. The SMILES string of the molecule is COc1ccc(C2C(=C(O)c3cc(C)ccc3C)C(=O)C(=O)N2c2nnc(SCc3ccc(Cl)cc3Cl)s2)cc1OC. The number of anilines is 1. The molecule has 0 radical (unpaired) electrons. The summed E-state index contributed by atoms with van der Waals surface area (Å²) in [6.07, 6.45) is 0. The smallest absolute Gasteiger partial charge is 0.301 e. The average molecular weight is 643 g/mol. The van der Waals surface area contributed by atoms with Crippen molar-refractivity contribution in [2.75, 3.05) is 19.1 Å². The van der Waals surface area contributed by atoms with Crippen molar-refractivity contribution < 1.29 is 24.2 Å². The van der Waals surface area contributed by atoms with Gasteiger partial charge in [0, 0.05) is 21.4 Å². The minimum absolute atomic E-state index is 0.0572. The van der Waals surface area contributed by atoms with E-state index in [1.165, 1.54) is 30.9 Å². The Balaban J connectivity index is 1.59. The van der Waals surface area contributed by atoms with E-state index in [9.17, 15) is 14.7 Å². The van der Waals surface area contributed by atoms with Crippen LogP contribution >= 0.6 is 46.3 Å². The van der Waals surface area contributed by atoms with E-state index in [0.29, 0.717) is 42.8 Å². The average Bonchev–Trinajstić information content (AvgIpc) is 3.54. The summed E-state index contributed by atoms with van der Waals surface area (Å²) < 4.78 is 11.5. The lowest BCUT2D eigenvalue weighted by atomic mass is 9.93. The van der Waals surface area contributed by atoms with Gasteiger partial charge in [-0.05, 0) is 60.9 Å². The van der Waals surface area contributed by atoms with E-state index in [4.69, 9.17) is 32.7 Å². The summed E-state index contributed by atoms with van der Waals surface area (Å²) in [7, 11) is 3.01. The minimum Gasteiger partial charge on any atom is -0.507 e. The number of halogens is 2. The maximum atomic E-state index is 13.6. The first-order valence-corrected chi connectivity index (χ1v) is 15.2. The number of aryl methyl sites for hydroxylation is 2. The fraction of sp³-hybridized carbons (Fsp3) is 0.200. The number of amides is 1. The van der Waals surface area contributed by atoms with Gasteiger partial charge < -0.3 is 14.6 Å². The maximum Gasteiger partial charge on any atom is 0.301 e. The third kappa shape index (κ3) is 5.72. The number of ketones is 1. The van der Waals surface area contributed by atoms with Gasteiger partial charge in [0.15, 0.2) is 15.8 Å². The number of aromatic nitrogens is 2. The molecular formula is C30H25Cl2N3O5S2. The molecule has 2 heterocycles. The van der Waals surface area contributed by atoms with Gasteiger partial charge in [0.25, 0.3) is 5.78 Å². The van der Waals surface area contributed by atoms with Crippen LogP contribution < -0.4 is 14.4 Å². The van der Waals surface area contributed by atoms with Crippen molar-refractivity contribution in [2.24, 2.45) is 0 Å². The second kappa shape index (κ2) is 12.3. The minimum atomic E-state index is -0.999. The van der Waals surface area contributed by atoms with Gasteiger partial charge in [0.1, 0.15) is 5.76 Å². The molecule has 1 aromatic heterocycles. The van der Waals surface area contributed by atoms with Crippen LogP contribution in [0.5, 0.6) is 11.5 Å². The van der Waals surface area contributed by atoms with E-state index in [1.807, 2.05) is 32.0 Å².